The zero-order valence-corrected chi connectivity index (χ0v) is 12.8. The minimum Gasteiger partial charge on any atom is -0.485 e. The van der Waals surface area contributed by atoms with E-state index < -0.39 is 0 Å². The highest BCUT2D eigenvalue weighted by Crippen LogP contribution is 2.42. The first-order chi connectivity index (χ1) is 9.54. The molecule has 3 rings (SSSR count). The van der Waals surface area contributed by atoms with E-state index in [-0.39, 0.29) is 18.0 Å². The standard InChI is InChI=1S/C15H12BrClFNO/c16-12-3-1-8(17)5-10(12)15-7-13(19)11-6-9(18)2-4-14(11)20-15/h1-6,13,15H,7,19H2/t13-,15?/m1/s1. The van der Waals surface area contributed by atoms with E-state index in [0.29, 0.717) is 22.8 Å². The van der Waals surface area contributed by atoms with Crippen molar-refractivity contribution in [3.63, 3.8) is 0 Å². The lowest BCUT2D eigenvalue weighted by molar-refractivity contribution is 0.160. The number of benzene rings is 2. The fraction of sp³-hybridized carbons (Fsp3) is 0.200. The molecule has 0 bridgehead atoms. The first kappa shape index (κ1) is 13.9. The predicted molar refractivity (Wildman–Crippen MR) is 80.5 cm³/mol. The summed E-state index contributed by atoms with van der Waals surface area (Å²) in [5.74, 6) is 0.326. The Morgan fingerprint density at radius 2 is 2.00 bits per heavy atom. The van der Waals surface area contributed by atoms with Gasteiger partial charge in [-0.15, -0.1) is 0 Å². The Morgan fingerprint density at radius 1 is 1.20 bits per heavy atom. The van der Waals surface area contributed by atoms with Crippen molar-refractivity contribution < 1.29 is 9.13 Å². The summed E-state index contributed by atoms with van der Waals surface area (Å²) in [6.07, 6.45) is 0.381. The van der Waals surface area contributed by atoms with E-state index in [0.717, 1.165) is 10.0 Å². The smallest absolute Gasteiger partial charge is 0.127 e. The maximum atomic E-state index is 13.3. The molecule has 0 radical (unpaired) electrons. The zero-order valence-electron chi connectivity index (χ0n) is 10.4. The summed E-state index contributed by atoms with van der Waals surface area (Å²) >= 11 is 9.53. The van der Waals surface area contributed by atoms with Gasteiger partial charge in [0, 0.05) is 33.1 Å². The van der Waals surface area contributed by atoms with Gasteiger partial charge in [0.25, 0.3) is 0 Å². The molecule has 0 amide bonds. The first-order valence-corrected chi connectivity index (χ1v) is 7.38. The molecule has 2 N–H and O–H groups in total. The number of nitrogens with two attached hydrogens (primary N) is 1. The van der Waals surface area contributed by atoms with Crippen LogP contribution >= 0.6 is 27.5 Å². The summed E-state index contributed by atoms with van der Waals surface area (Å²) in [7, 11) is 0. The third-order valence-corrected chi connectivity index (χ3v) is 4.37. The van der Waals surface area contributed by atoms with Crippen LogP contribution in [0.25, 0.3) is 0 Å². The highest BCUT2D eigenvalue weighted by molar-refractivity contribution is 9.10. The Kier molecular flexibility index (Phi) is 3.71. The molecule has 0 aromatic heterocycles. The predicted octanol–water partition coefficient (Wildman–Crippen LogP) is 4.77. The molecule has 0 saturated carbocycles. The quantitative estimate of drug-likeness (QED) is 0.799. The summed E-state index contributed by atoms with van der Waals surface area (Å²) in [5.41, 5.74) is 7.79. The van der Waals surface area contributed by atoms with Gasteiger partial charge >= 0.3 is 0 Å². The van der Waals surface area contributed by atoms with Crippen LogP contribution in [0.4, 0.5) is 4.39 Å². The second kappa shape index (κ2) is 5.35. The monoisotopic (exact) mass is 355 g/mol. The van der Waals surface area contributed by atoms with Gasteiger partial charge in [0.05, 0.1) is 0 Å². The molecule has 0 spiro atoms. The molecule has 1 heterocycles. The van der Waals surface area contributed by atoms with Crippen LogP contribution in [0.3, 0.4) is 0 Å². The molecule has 2 atom stereocenters. The van der Waals surface area contributed by atoms with Gasteiger partial charge in [0.15, 0.2) is 0 Å². The molecule has 0 aliphatic carbocycles. The van der Waals surface area contributed by atoms with E-state index in [1.54, 1.807) is 12.1 Å². The topological polar surface area (TPSA) is 35.2 Å². The van der Waals surface area contributed by atoms with Gasteiger partial charge in [0.1, 0.15) is 17.7 Å². The van der Waals surface area contributed by atoms with Gasteiger partial charge in [0.2, 0.25) is 0 Å². The minimum atomic E-state index is -0.301. The zero-order chi connectivity index (χ0) is 14.3. The summed E-state index contributed by atoms with van der Waals surface area (Å²) in [5, 5.41) is 0.644. The van der Waals surface area contributed by atoms with Gasteiger partial charge in [-0.1, -0.05) is 27.5 Å². The maximum absolute atomic E-state index is 13.3. The number of ether oxygens (including phenoxy) is 1. The van der Waals surface area contributed by atoms with Crippen LogP contribution in [0.5, 0.6) is 5.75 Å². The Bertz CT molecular complexity index is 664. The molecule has 20 heavy (non-hydrogen) atoms. The van der Waals surface area contributed by atoms with Crippen molar-refractivity contribution in [2.45, 2.75) is 18.6 Å². The summed E-state index contributed by atoms with van der Waals surface area (Å²) < 4.78 is 20.1. The van der Waals surface area contributed by atoms with Crippen molar-refractivity contribution in [3.05, 3.63) is 62.8 Å². The van der Waals surface area contributed by atoms with E-state index in [1.807, 2.05) is 12.1 Å². The summed E-state index contributed by atoms with van der Waals surface area (Å²) in [6, 6.07) is 9.72. The Labute approximate surface area is 129 Å². The lowest BCUT2D eigenvalue weighted by Gasteiger charge is -2.31. The number of rotatable bonds is 1. The van der Waals surface area contributed by atoms with E-state index in [9.17, 15) is 4.39 Å². The average molecular weight is 357 g/mol. The highest BCUT2D eigenvalue weighted by Gasteiger charge is 2.28. The third-order valence-electron chi connectivity index (χ3n) is 3.41. The number of hydrogen-bond donors (Lipinski definition) is 1. The largest absolute Gasteiger partial charge is 0.485 e. The molecule has 2 aromatic rings. The molecule has 5 heteroatoms. The van der Waals surface area contributed by atoms with Crippen molar-refractivity contribution in [1.82, 2.24) is 0 Å². The van der Waals surface area contributed by atoms with Gasteiger partial charge < -0.3 is 10.5 Å². The fourth-order valence-corrected chi connectivity index (χ4v) is 3.11. The molecule has 1 aliphatic heterocycles. The summed E-state index contributed by atoms with van der Waals surface area (Å²) in [6.45, 7) is 0. The van der Waals surface area contributed by atoms with Crippen LogP contribution in [0.1, 0.15) is 29.7 Å². The molecule has 1 unspecified atom stereocenters. The maximum Gasteiger partial charge on any atom is 0.127 e. The molecule has 0 fully saturated rings. The molecular formula is C15H12BrClFNO. The van der Waals surface area contributed by atoms with E-state index >= 15 is 0 Å². The third kappa shape index (κ3) is 2.55. The molecular weight excluding hydrogens is 345 g/mol. The van der Waals surface area contributed by atoms with Gasteiger partial charge in [-0.2, -0.15) is 0 Å². The molecule has 0 saturated heterocycles. The lowest BCUT2D eigenvalue weighted by atomic mass is 9.93. The number of halogens is 3. The van der Waals surface area contributed by atoms with Crippen LogP contribution in [0, 0.1) is 5.82 Å². The van der Waals surface area contributed by atoms with Crippen molar-refractivity contribution in [2.75, 3.05) is 0 Å². The molecule has 104 valence electrons. The molecule has 1 aliphatic rings. The van der Waals surface area contributed by atoms with Gasteiger partial charge in [-0.25, -0.2) is 4.39 Å². The highest BCUT2D eigenvalue weighted by atomic mass is 79.9. The van der Waals surface area contributed by atoms with Crippen LogP contribution in [-0.4, -0.2) is 0 Å². The van der Waals surface area contributed by atoms with Crippen molar-refractivity contribution in [3.8, 4) is 5.75 Å². The van der Waals surface area contributed by atoms with Crippen molar-refractivity contribution in [1.29, 1.82) is 0 Å². The average Bonchev–Trinajstić information content (AvgIpc) is 2.42. The first-order valence-electron chi connectivity index (χ1n) is 6.21. The minimum absolute atomic E-state index is 0.198. The van der Waals surface area contributed by atoms with Gasteiger partial charge in [-0.05, 0) is 36.4 Å². The Balaban J connectivity index is 1.99. The fourth-order valence-electron chi connectivity index (χ4n) is 2.43. The molecule has 2 aromatic carbocycles. The van der Waals surface area contributed by atoms with Crippen LogP contribution < -0.4 is 10.5 Å². The molecule has 2 nitrogen and oxygen atoms in total. The van der Waals surface area contributed by atoms with Crippen LogP contribution in [0.2, 0.25) is 5.02 Å². The SMILES string of the molecule is N[C@@H]1CC(c2cc(Cl)ccc2Br)Oc2ccc(F)cc21. The van der Waals surface area contributed by atoms with E-state index in [4.69, 9.17) is 22.1 Å². The van der Waals surface area contributed by atoms with Crippen LogP contribution in [0.15, 0.2) is 40.9 Å². The number of hydrogen-bond acceptors (Lipinski definition) is 2. The second-order valence-electron chi connectivity index (χ2n) is 4.80. The van der Waals surface area contributed by atoms with Crippen molar-refractivity contribution >= 4 is 27.5 Å². The Morgan fingerprint density at radius 3 is 2.80 bits per heavy atom. The van der Waals surface area contributed by atoms with E-state index in [2.05, 4.69) is 15.9 Å². The van der Waals surface area contributed by atoms with Crippen LogP contribution in [-0.2, 0) is 0 Å². The lowest BCUT2D eigenvalue weighted by Crippen LogP contribution is -2.24. The Hall–Kier alpha value is -1.10. The van der Waals surface area contributed by atoms with Crippen molar-refractivity contribution in [2.24, 2.45) is 5.73 Å². The number of fused-ring (bicyclic) bond motifs is 1. The second-order valence-corrected chi connectivity index (χ2v) is 6.09. The normalized spacial score (nSPS) is 21.2. The summed E-state index contributed by atoms with van der Waals surface area (Å²) in [4.78, 5) is 0. The van der Waals surface area contributed by atoms with E-state index in [1.165, 1.54) is 12.1 Å². The van der Waals surface area contributed by atoms with Gasteiger partial charge in [-0.3, -0.25) is 0 Å².